The van der Waals surface area contributed by atoms with Crippen molar-refractivity contribution in [3.63, 3.8) is 0 Å². The number of amides is 1. The molecule has 0 bridgehead atoms. The molecule has 0 spiro atoms. The van der Waals surface area contributed by atoms with Gasteiger partial charge in [0.15, 0.2) is 11.7 Å². The highest BCUT2D eigenvalue weighted by Crippen LogP contribution is 2.42. The van der Waals surface area contributed by atoms with E-state index in [1.807, 2.05) is 19.9 Å². The lowest BCUT2D eigenvalue weighted by molar-refractivity contribution is -0.139. The monoisotopic (exact) mass is 391 g/mol. The maximum atomic E-state index is 12.5. The number of aromatic amines is 1. The summed E-state index contributed by atoms with van der Waals surface area (Å²) in [6.07, 6.45) is 2.14. The van der Waals surface area contributed by atoms with Gasteiger partial charge >= 0.3 is 5.97 Å². The predicted octanol–water partition coefficient (Wildman–Crippen LogP) is 3.22. The van der Waals surface area contributed by atoms with E-state index in [4.69, 9.17) is 0 Å². The lowest BCUT2D eigenvalue weighted by atomic mass is 9.97. The van der Waals surface area contributed by atoms with Gasteiger partial charge in [-0.3, -0.25) is 9.89 Å². The molecule has 0 aliphatic heterocycles. The Morgan fingerprint density at radius 2 is 2.08 bits per heavy atom. The molecular formula is C17H18BrN3O3. The number of rotatable bonds is 5. The number of aliphatic carboxylic acids is 1. The number of halogens is 1. The van der Waals surface area contributed by atoms with Crippen molar-refractivity contribution in [2.75, 3.05) is 0 Å². The third-order valence-electron chi connectivity index (χ3n) is 4.41. The van der Waals surface area contributed by atoms with Crippen LogP contribution in [0.1, 0.15) is 57.7 Å². The minimum Gasteiger partial charge on any atom is -0.479 e. The van der Waals surface area contributed by atoms with Crippen LogP contribution in [0.3, 0.4) is 0 Å². The molecule has 7 heteroatoms. The third-order valence-corrected chi connectivity index (χ3v) is 5.22. The summed E-state index contributed by atoms with van der Waals surface area (Å²) in [5, 5.41) is 19.1. The van der Waals surface area contributed by atoms with Gasteiger partial charge in [0.25, 0.3) is 5.91 Å². The summed E-state index contributed by atoms with van der Waals surface area (Å²) < 4.78 is 0.618. The third kappa shape index (κ3) is 3.08. The van der Waals surface area contributed by atoms with Gasteiger partial charge < -0.3 is 10.4 Å². The molecule has 3 N–H and O–H groups in total. The van der Waals surface area contributed by atoms with Gasteiger partial charge in [0.2, 0.25) is 0 Å². The zero-order valence-electron chi connectivity index (χ0n) is 13.4. The van der Waals surface area contributed by atoms with E-state index in [1.54, 1.807) is 12.1 Å². The Morgan fingerprint density at radius 3 is 2.71 bits per heavy atom. The van der Waals surface area contributed by atoms with Crippen LogP contribution in [-0.2, 0) is 4.79 Å². The molecule has 1 saturated carbocycles. The van der Waals surface area contributed by atoms with E-state index in [-0.39, 0.29) is 5.69 Å². The second-order valence-electron chi connectivity index (χ2n) is 6.11. The number of carbonyl (C=O) groups excluding carboxylic acids is 1. The quantitative estimate of drug-likeness (QED) is 0.728. The molecule has 2 aromatic rings. The van der Waals surface area contributed by atoms with Crippen molar-refractivity contribution >= 4 is 27.8 Å². The molecule has 1 unspecified atom stereocenters. The van der Waals surface area contributed by atoms with Crippen LogP contribution in [0.25, 0.3) is 0 Å². The minimum atomic E-state index is -1.12. The van der Waals surface area contributed by atoms with E-state index in [0.29, 0.717) is 16.0 Å². The number of aryl methyl sites for hydroxylation is 1. The second kappa shape index (κ2) is 6.39. The first-order chi connectivity index (χ1) is 11.4. The smallest absolute Gasteiger partial charge is 0.330 e. The molecule has 0 radical (unpaired) electrons. The molecule has 1 aliphatic carbocycles. The Morgan fingerprint density at radius 1 is 1.38 bits per heavy atom. The zero-order valence-corrected chi connectivity index (χ0v) is 15.0. The Balaban J connectivity index is 1.87. The largest absolute Gasteiger partial charge is 0.479 e. The van der Waals surface area contributed by atoms with Crippen molar-refractivity contribution in [1.29, 1.82) is 0 Å². The normalized spacial score (nSPS) is 15.1. The number of aromatic nitrogens is 2. The number of carboxylic acid groups (broad SMARTS) is 1. The highest BCUT2D eigenvalue weighted by molar-refractivity contribution is 9.10. The summed E-state index contributed by atoms with van der Waals surface area (Å²) >= 11 is 3.40. The van der Waals surface area contributed by atoms with Crippen molar-refractivity contribution in [2.24, 2.45) is 0 Å². The molecule has 1 fully saturated rings. The van der Waals surface area contributed by atoms with E-state index in [1.165, 1.54) is 0 Å². The number of hydrogen-bond donors (Lipinski definition) is 3. The van der Waals surface area contributed by atoms with E-state index < -0.39 is 17.9 Å². The zero-order chi connectivity index (χ0) is 17.4. The van der Waals surface area contributed by atoms with Crippen LogP contribution in [0.15, 0.2) is 22.7 Å². The van der Waals surface area contributed by atoms with Crippen LogP contribution < -0.4 is 5.32 Å². The summed E-state index contributed by atoms with van der Waals surface area (Å²) in [5.74, 6) is -1.22. The summed E-state index contributed by atoms with van der Waals surface area (Å²) in [6, 6.07) is 4.29. The van der Waals surface area contributed by atoms with Gasteiger partial charge in [0.1, 0.15) is 0 Å². The fourth-order valence-electron chi connectivity index (χ4n) is 2.69. The summed E-state index contributed by atoms with van der Waals surface area (Å²) in [7, 11) is 0. The summed E-state index contributed by atoms with van der Waals surface area (Å²) in [5.41, 5.74) is 3.49. The van der Waals surface area contributed by atoms with Gasteiger partial charge in [0, 0.05) is 5.92 Å². The first-order valence-electron chi connectivity index (χ1n) is 7.73. The summed E-state index contributed by atoms with van der Waals surface area (Å²) in [4.78, 5) is 24.2. The number of carbonyl (C=O) groups is 2. The molecule has 0 saturated heterocycles. The Hall–Kier alpha value is -2.15. The van der Waals surface area contributed by atoms with Gasteiger partial charge in [-0.1, -0.05) is 18.2 Å². The molecule has 1 atom stereocenters. The molecule has 3 rings (SSSR count). The number of nitrogens with zero attached hydrogens (tertiary/aromatic N) is 1. The highest BCUT2D eigenvalue weighted by atomic mass is 79.9. The number of nitrogens with one attached hydrogen (secondary N) is 2. The van der Waals surface area contributed by atoms with Gasteiger partial charge in [0.05, 0.1) is 10.2 Å². The molecule has 1 aromatic carbocycles. The number of benzene rings is 1. The molecule has 1 amide bonds. The first-order valence-corrected chi connectivity index (χ1v) is 8.53. The SMILES string of the molecule is Cc1cccc(C(NC(=O)c2n[nH]c(C3CC3)c2Br)C(=O)O)c1C. The molecule has 24 heavy (non-hydrogen) atoms. The Labute approximate surface area is 147 Å². The maximum Gasteiger partial charge on any atom is 0.330 e. The standard InChI is InChI=1S/C17H18BrN3O3/c1-8-4-3-5-11(9(8)2)14(17(23)24)19-16(22)15-12(18)13(20-21-15)10-6-7-10/h3-5,10,14H,6-7H2,1-2H3,(H,19,22)(H,20,21)(H,23,24). The minimum absolute atomic E-state index is 0.188. The summed E-state index contributed by atoms with van der Waals surface area (Å²) in [6.45, 7) is 3.76. The number of hydrogen-bond acceptors (Lipinski definition) is 3. The van der Waals surface area contributed by atoms with Crippen molar-refractivity contribution in [3.05, 3.63) is 50.8 Å². The van der Waals surface area contributed by atoms with Crippen LogP contribution in [-0.4, -0.2) is 27.2 Å². The van der Waals surface area contributed by atoms with Crippen molar-refractivity contribution in [1.82, 2.24) is 15.5 Å². The fraction of sp³-hybridized carbons (Fsp3) is 0.353. The van der Waals surface area contributed by atoms with Crippen LogP contribution in [0.4, 0.5) is 0 Å². The van der Waals surface area contributed by atoms with E-state index in [0.717, 1.165) is 29.7 Å². The van der Waals surface area contributed by atoms with Crippen molar-refractivity contribution < 1.29 is 14.7 Å². The lowest BCUT2D eigenvalue weighted by Crippen LogP contribution is -2.34. The van der Waals surface area contributed by atoms with Crippen molar-refractivity contribution in [2.45, 2.75) is 38.6 Å². The van der Waals surface area contributed by atoms with Gasteiger partial charge in [-0.05, 0) is 59.3 Å². The fourth-order valence-corrected chi connectivity index (χ4v) is 3.37. The van der Waals surface area contributed by atoms with E-state index in [9.17, 15) is 14.7 Å². The van der Waals surface area contributed by atoms with Crippen LogP contribution in [0.2, 0.25) is 0 Å². The molecular weight excluding hydrogens is 374 g/mol. The van der Waals surface area contributed by atoms with Crippen LogP contribution in [0, 0.1) is 13.8 Å². The van der Waals surface area contributed by atoms with Crippen molar-refractivity contribution in [3.8, 4) is 0 Å². The molecule has 1 aromatic heterocycles. The molecule has 1 heterocycles. The van der Waals surface area contributed by atoms with Crippen LogP contribution in [0.5, 0.6) is 0 Å². The number of H-pyrrole nitrogens is 1. The molecule has 126 valence electrons. The average molecular weight is 392 g/mol. The van der Waals surface area contributed by atoms with Gasteiger partial charge in [-0.25, -0.2) is 4.79 Å². The van der Waals surface area contributed by atoms with Gasteiger partial charge in [-0.2, -0.15) is 5.10 Å². The Bertz CT molecular complexity index is 811. The highest BCUT2D eigenvalue weighted by Gasteiger charge is 2.32. The molecule has 1 aliphatic rings. The molecule has 6 nitrogen and oxygen atoms in total. The lowest BCUT2D eigenvalue weighted by Gasteiger charge is -2.17. The topological polar surface area (TPSA) is 95.1 Å². The Kier molecular flexibility index (Phi) is 4.45. The maximum absolute atomic E-state index is 12.5. The second-order valence-corrected chi connectivity index (χ2v) is 6.90. The van der Waals surface area contributed by atoms with E-state index in [2.05, 4.69) is 31.4 Å². The predicted molar refractivity (Wildman–Crippen MR) is 92.0 cm³/mol. The average Bonchev–Trinajstić information content (AvgIpc) is 3.30. The van der Waals surface area contributed by atoms with Gasteiger partial charge in [-0.15, -0.1) is 0 Å². The van der Waals surface area contributed by atoms with E-state index >= 15 is 0 Å². The first kappa shape index (κ1) is 16.7. The van der Waals surface area contributed by atoms with Crippen LogP contribution >= 0.6 is 15.9 Å². The number of carboxylic acids is 1.